The van der Waals surface area contributed by atoms with Crippen molar-refractivity contribution in [1.29, 1.82) is 0 Å². The lowest BCUT2D eigenvalue weighted by Crippen LogP contribution is -2.01. The van der Waals surface area contributed by atoms with Crippen LogP contribution in [-0.2, 0) is 0 Å². The fraction of sp³-hybridized carbons (Fsp3) is 0.190. The van der Waals surface area contributed by atoms with Gasteiger partial charge in [-0.2, -0.15) is 5.10 Å². The molecule has 3 heteroatoms. The van der Waals surface area contributed by atoms with Gasteiger partial charge < -0.3 is 4.74 Å². The highest BCUT2D eigenvalue weighted by molar-refractivity contribution is 6.02. The van der Waals surface area contributed by atoms with E-state index in [4.69, 9.17) is 4.74 Å². The van der Waals surface area contributed by atoms with Crippen molar-refractivity contribution in [3.63, 3.8) is 0 Å². The van der Waals surface area contributed by atoms with E-state index in [1.165, 1.54) is 5.39 Å². The standard InChI is InChI=1S/C21H22N2O/c1-2-3-15-24-21-14-13-17-9-7-8-12-19(17)20(21)16-22-23-18-10-5-4-6-11-18/h4-14,16,23H,2-3,15H2,1H3/b22-16+. The number of benzene rings is 3. The van der Waals surface area contributed by atoms with E-state index in [-0.39, 0.29) is 0 Å². The minimum atomic E-state index is 0.724. The Kier molecular flexibility index (Phi) is 5.46. The van der Waals surface area contributed by atoms with E-state index in [1.807, 2.05) is 54.7 Å². The van der Waals surface area contributed by atoms with E-state index in [0.29, 0.717) is 0 Å². The lowest BCUT2D eigenvalue weighted by molar-refractivity contribution is 0.309. The van der Waals surface area contributed by atoms with Crippen molar-refractivity contribution in [2.75, 3.05) is 12.0 Å². The molecule has 0 radical (unpaired) electrons. The van der Waals surface area contributed by atoms with Crippen LogP contribution in [0.1, 0.15) is 25.3 Å². The lowest BCUT2D eigenvalue weighted by Gasteiger charge is -2.11. The molecule has 3 nitrogen and oxygen atoms in total. The first-order chi connectivity index (χ1) is 11.9. The molecular weight excluding hydrogens is 296 g/mol. The first kappa shape index (κ1) is 16.1. The molecule has 0 aliphatic carbocycles. The summed E-state index contributed by atoms with van der Waals surface area (Å²) in [7, 11) is 0. The number of hydrogen-bond acceptors (Lipinski definition) is 3. The van der Waals surface area contributed by atoms with Gasteiger partial charge in [0.2, 0.25) is 0 Å². The maximum Gasteiger partial charge on any atom is 0.128 e. The number of rotatable bonds is 7. The van der Waals surface area contributed by atoms with Crippen molar-refractivity contribution in [2.24, 2.45) is 5.10 Å². The summed E-state index contributed by atoms with van der Waals surface area (Å²) in [5.41, 5.74) is 5.03. The summed E-state index contributed by atoms with van der Waals surface area (Å²) in [4.78, 5) is 0. The SMILES string of the molecule is CCCCOc1ccc2ccccc2c1/C=N/Nc1ccccc1. The maximum atomic E-state index is 5.97. The van der Waals surface area contributed by atoms with Crippen LogP contribution >= 0.6 is 0 Å². The molecule has 0 bridgehead atoms. The number of nitrogens with zero attached hydrogens (tertiary/aromatic N) is 1. The summed E-state index contributed by atoms with van der Waals surface area (Å²) >= 11 is 0. The number of unbranched alkanes of at least 4 members (excludes halogenated alkanes) is 1. The Morgan fingerprint density at radius 1 is 0.958 bits per heavy atom. The van der Waals surface area contributed by atoms with Crippen molar-refractivity contribution in [2.45, 2.75) is 19.8 Å². The molecule has 0 saturated heterocycles. The van der Waals surface area contributed by atoms with Crippen molar-refractivity contribution in [3.8, 4) is 5.75 Å². The third-order valence-corrected chi connectivity index (χ3v) is 3.85. The fourth-order valence-corrected chi connectivity index (χ4v) is 2.55. The quantitative estimate of drug-likeness (QED) is 0.356. The maximum absolute atomic E-state index is 5.97. The summed E-state index contributed by atoms with van der Waals surface area (Å²) in [6, 6.07) is 22.3. The van der Waals surface area contributed by atoms with Gasteiger partial charge in [-0.1, -0.05) is 61.9 Å². The Hall–Kier alpha value is -2.81. The number of hydrogen-bond donors (Lipinski definition) is 1. The fourth-order valence-electron chi connectivity index (χ4n) is 2.55. The van der Waals surface area contributed by atoms with Gasteiger partial charge in [0, 0.05) is 5.56 Å². The van der Waals surface area contributed by atoms with E-state index in [2.05, 4.69) is 35.7 Å². The van der Waals surface area contributed by atoms with Gasteiger partial charge in [-0.05, 0) is 35.4 Å². The molecule has 3 rings (SSSR count). The zero-order valence-electron chi connectivity index (χ0n) is 13.9. The van der Waals surface area contributed by atoms with E-state index < -0.39 is 0 Å². The van der Waals surface area contributed by atoms with Crippen LogP contribution in [0.4, 0.5) is 5.69 Å². The molecule has 122 valence electrons. The molecule has 0 saturated carbocycles. The van der Waals surface area contributed by atoms with Gasteiger partial charge in [-0.25, -0.2) is 0 Å². The summed E-state index contributed by atoms with van der Waals surface area (Å²) < 4.78 is 5.97. The Labute approximate surface area is 143 Å². The average molecular weight is 318 g/mol. The first-order valence-electron chi connectivity index (χ1n) is 8.37. The Bertz CT molecular complexity index is 812. The van der Waals surface area contributed by atoms with Gasteiger partial charge in [-0.3, -0.25) is 5.43 Å². The molecule has 0 aliphatic rings. The second-order valence-electron chi connectivity index (χ2n) is 5.64. The van der Waals surface area contributed by atoms with Crippen LogP contribution < -0.4 is 10.2 Å². The highest BCUT2D eigenvalue weighted by atomic mass is 16.5. The van der Waals surface area contributed by atoms with Crippen LogP contribution in [0.2, 0.25) is 0 Å². The molecule has 0 amide bonds. The molecule has 0 unspecified atom stereocenters. The average Bonchev–Trinajstić information content (AvgIpc) is 2.64. The van der Waals surface area contributed by atoms with Crippen molar-refractivity contribution >= 4 is 22.7 Å². The normalized spacial score (nSPS) is 11.0. The zero-order chi connectivity index (χ0) is 16.6. The topological polar surface area (TPSA) is 33.6 Å². The summed E-state index contributed by atoms with van der Waals surface area (Å²) in [6.07, 6.45) is 4.01. The number of anilines is 1. The highest BCUT2D eigenvalue weighted by Crippen LogP contribution is 2.27. The molecule has 0 atom stereocenters. The molecule has 0 fully saturated rings. The van der Waals surface area contributed by atoms with Crippen LogP contribution in [-0.4, -0.2) is 12.8 Å². The van der Waals surface area contributed by atoms with Gasteiger partial charge in [0.15, 0.2) is 0 Å². The van der Waals surface area contributed by atoms with E-state index in [0.717, 1.165) is 41.8 Å². The van der Waals surface area contributed by atoms with Crippen molar-refractivity contribution in [3.05, 3.63) is 72.3 Å². The van der Waals surface area contributed by atoms with E-state index in [9.17, 15) is 0 Å². The third kappa shape index (κ3) is 3.93. The molecule has 0 aromatic heterocycles. The predicted molar refractivity (Wildman–Crippen MR) is 102 cm³/mol. The molecule has 1 N–H and O–H groups in total. The Morgan fingerprint density at radius 2 is 1.75 bits per heavy atom. The van der Waals surface area contributed by atoms with Crippen molar-refractivity contribution < 1.29 is 4.74 Å². The number of fused-ring (bicyclic) bond motifs is 1. The van der Waals surface area contributed by atoms with Crippen LogP contribution in [0.5, 0.6) is 5.75 Å². The molecule has 0 spiro atoms. The van der Waals surface area contributed by atoms with Crippen LogP contribution in [0, 0.1) is 0 Å². The molecule has 0 heterocycles. The van der Waals surface area contributed by atoms with Gasteiger partial charge in [0.25, 0.3) is 0 Å². The number of nitrogens with one attached hydrogen (secondary N) is 1. The van der Waals surface area contributed by atoms with Crippen LogP contribution in [0.15, 0.2) is 71.8 Å². The Morgan fingerprint density at radius 3 is 2.58 bits per heavy atom. The molecule has 24 heavy (non-hydrogen) atoms. The number of hydrazone groups is 1. The molecule has 3 aromatic rings. The number of ether oxygens (including phenoxy) is 1. The van der Waals surface area contributed by atoms with E-state index in [1.54, 1.807) is 0 Å². The lowest BCUT2D eigenvalue weighted by atomic mass is 10.0. The third-order valence-electron chi connectivity index (χ3n) is 3.85. The van der Waals surface area contributed by atoms with Gasteiger partial charge in [-0.15, -0.1) is 0 Å². The monoisotopic (exact) mass is 318 g/mol. The second-order valence-corrected chi connectivity index (χ2v) is 5.64. The number of para-hydroxylation sites is 1. The molecular formula is C21H22N2O. The van der Waals surface area contributed by atoms with E-state index >= 15 is 0 Å². The summed E-state index contributed by atoms with van der Waals surface area (Å²) in [6.45, 7) is 2.89. The van der Waals surface area contributed by atoms with Crippen LogP contribution in [0.25, 0.3) is 10.8 Å². The van der Waals surface area contributed by atoms with Gasteiger partial charge in [0.1, 0.15) is 5.75 Å². The summed E-state index contributed by atoms with van der Waals surface area (Å²) in [5.74, 6) is 0.876. The van der Waals surface area contributed by atoms with Gasteiger partial charge >= 0.3 is 0 Å². The highest BCUT2D eigenvalue weighted by Gasteiger charge is 2.07. The molecule has 3 aromatic carbocycles. The predicted octanol–water partition coefficient (Wildman–Crippen LogP) is 5.46. The largest absolute Gasteiger partial charge is 0.493 e. The Balaban J connectivity index is 1.89. The molecule has 0 aliphatic heterocycles. The zero-order valence-corrected chi connectivity index (χ0v) is 13.9. The minimum Gasteiger partial charge on any atom is -0.493 e. The van der Waals surface area contributed by atoms with Gasteiger partial charge in [0.05, 0.1) is 18.5 Å². The summed E-state index contributed by atoms with van der Waals surface area (Å²) in [5, 5.41) is 6.72. The van der Waals surface area contributed by atoms with Crippen molar-refractivity contribution in [1.82, 2.24) is 0 Å². The minimum absolute atomic E-state index is 0.724. The second kappa shape index (κ2) is 8.16. The smallest absolute Gasteiger partial charge is 0.128 e. The van der Waals surface area contributed by atoms with Crippen LogP contribution in [0.3, 0.4) is 0 Å². The first-order valence-corrected chi connectivity index (χ1v) is 8.37.